The smallest absolute Gasteiger partial charge is 0.292 e. The molecule has 1 aromatic carbocycles. The number of rotatable bonds is 2. The maximum absolute atomic E-state index is 11.7. The van der Waals surface area contributed by atoms with E-state index in [9.17, 15) is 4.79 Å². The van der Waals surface area contributed by atoms with Crippen molar-refractivity contribution in [3.8, 4) is 0 Å². The van der Waals surface area contributed by atoms with Crippen molar-refractivity contribution in [2.24, 2.45) is 0 Å². The molecule has 0 spiro atoms. The van der Waals surface area contributed by atoms with E-state index in [4.69, 9.17) is 0 Å². The molecule has 0 unspecified atom stereocenters. The summed E-state index contributed by atoms with van der Waals surface area (Å²) in [5.74, 6) is 0.448. The van der Waals surface area contributed by atoms with Gasteiger partial charge in [-0.1, -0.05) is 12.1 Å². The van der Waals surface area contributed by atoms with Gasteiger partial charge in [-0.3, -0.25) is 10.1 Å². The Hall–Kier alpha value is -1.86. The minimum absolute atomic E-state index is 0.208. The van der Waals surface area contributed by atoms with Crippen molar-refractivity contribution in [1.29, 1.82) is 0 Å². The van der Waals surface area contributed by atoms with Gasteiger partial charge in [0.15, 0.2) is 0 Å². The number of thiazole rings is 1. The van der Waals surface area contributed by atoms with Gasteiger partial charge in [-0.05, 0) is 23.9 Å². The van der Waals surface area contributed by atoms with Crippen molar-refractivity contribution < 1.29 is 4.79 Å². The molecule has 0 aliphatic carbocycles. The second-order valence-electron chi connectivity index (χ2n) is 3.44. The van der Waals surface area contributed by atoms with Crippen LogP contribution >= 0.6 is 23.1 Å². The van der Waals surface area contributed by atoms with Crippen molar-refractivity contribution >= 4 is 45.3 Å². The molecule has 0 radical (unpaired) electrons. The molecule has 0 aliphatic rings. The maximum Gasteiger partial charge on any atom is 0.292 e. The van der Waals surface area contributed by atoms with Crippen LogP contribution in [0.3, 0.4) is 0 Å². The summed E-state index contributed by atoms with van der Waals surface area (Å²) in [6.45, 7) is 0. The lowest BCUT2D eigenvalue weighted by Crippen LogP contribution is -2.05. The number of nitrogens with zero attached hydrogens (tertiary/aromatic N) is 2. The molecule has 0 atom stereocenters. The lowest BCUT2D eigenvalue weighted by molar-refractivity contribution is 0.269. The molecule has 0 saturated carbocycles. The van der Waals surface area contributed by atoms with Crippen molar-refractivity contribution in [3.05, 3.63) is 35.2 Å². The van der Waals surface area contributed by atoms with Crippen LogP contribution in [0.4, 0.5) is 10.7 Å². The van der Waals surface area contributed by atoms with E-state index in [1.807, 2.05) is 29.6 Å². The van der Waals surface area contributed by atoms with Crippen LogP contribution in [0.5, 0.6) is 0 Å². The summed E-state index contributed by atoms with van der Waals surface area (Å²) < 4.78 is 0. The lowest BCUT2D eigenvalue weighted by atomic mass is 10.3. The van der Waals surface area contributed by atoms with Gasteiger partial charge in [0.05, 0.1) is 16.5 Å². The molecule has 3 rings (SSSR count). The third-order valence-corrected chi connectivity index (χ3v) is 3.67. The fourth-order valence-corrected chi connectivity index (χ4v) is 2.76. The van der Waals surface area contributed by atoms with Crippen LogP contribution in [0.25, 0.3) is 11.0 Å². The summed E-state index contributed by atoms with van der Waals surface area (Å²) in [7, 11) is 0. The summed E-state index contributed by atoms with van der Waals surface area (Å²) in [6.07, 6.45) is 0. The maximum atomic E-state index is 11.7. The molecular weight excluding hydrogens is 268 g/mol. The van der Waals surface area contributed by atoms with Crippen LogP contribution in [0.2, 0.25) is 0 Å². The van der Waals surface area contributed by atoms with E-state index in [2.05, 4.69) is 20.3 Å². The fraction of sp³-hybridized carbons (Fsp3) is 0. The Morgan fingerprint density at radius 3 is 3.06 bits per heavy atom. The molecule has 5 nitrogen and oxygen atoms in total. The number of nitrogens with one attached hydrogen (secondary N) is 2. The third-order valence-electron chi connectivity index (χ3n) is 2.22. The van der Waals surface area contributed by atoms with E-state index in [0.29, 0.717) is 11.0 Å². The van der Waals surface area contributed by atoms with Crippen molar-refractivity contribution in [2.75, 3.05) is 5.32 Å². The molecule has 3 aromatic rings. The molecular formula is C11H8N4OS2. The molecule has 90 valence electrons. The number of benzene rings is 1. The zero-order valence-corrected chi connectivity index (χ0v) is 10.7. The summed E-state index contributed by atoms with van der Waals surface area (Å²) in [5.41, 5.74) is 3.41. The molecule has 2 aromatic heterocycles. The Labute approximate surface area is 111 Å². The molecule has 18 heavy (non-hydrogen) atoms. The topological polar surface area (TPSA) is 70.7 Å². The number of para-hydroxylation sites is 2. The number of fused-ring (bicyclic) bond motifs is 1. The van der Waals surface area contributed by atoms with Crippen LogP contribution in [-0.2, 0) is 0 Å². The van der Waals surface area contributed by atoms with Gasteiger partial charge >= 0.3 is 0 Å². The normalized spacial score (nSPS) is 10.7. The fourth-order valence-electron chi connectivity index (χ4n) is 1.48. The number of thioether (sulfide) groups is 1. The minimum Gasteiger partial charge on any atom is -0.324 e. The van der Waals surface area contributed by atoms with Gasteiger partial charge in [-0.15, -0.1) is 11.3 Å². The highest BCUT2D eigenvalue weighted by Gasteiger charge is 2.09. The molecule has 2 heterocycles. The predicted octanol–water partition coefficient (Wildman–Crippen LogP) is 3.34. The lowest BCUT2D eigenvalue weighted by Gasteiger charge is -1.97. The third kappa shape index (κ3) is 2.36. The summed E-state index contributed by atoms with van der Waals surface area (Å²) in [6, 6.07) is 7.61. The molecule has 0 saturated heterocycles. The highest BCUT2D eigenvalue weighted by molar-refractivity contribution is 8.13. The second kappa shape index (κ2) is 4.79. The van der Waals surface area contributed by atoms with Crippen molar-refractivity contribution in [2.45, 2.75) is 5.03 Å². The zero-order chi connectivity index (χ0) is 12.4. The van der Waals surface area contributed by atoms with E-state index in [0.717, 1.165) is 22.8 Å². The molecule has 0 fully saturated rings. The highest BCUT2D eigenvalue weighted by Crippen LogP contribution is 2.20. The Morgan fingerprint density at radius 1 is 1.39 bits per heavy atom. The van der Waals surface area contributed by atoms with E-state index < -0.39 is 0 Å². The number of hydrogen-bond acceptors (Lipinski definition) is 5. The van der Waals surface area contributed by atoms with Gasteiger partial charge in [0.1, 0.15) is 5.03 Å². The van der Waals surface area contributed by atoms with Gasteiger partial charge in [0.2, 0.25) is 5.95 Å². The van der Waals surface area contributed by atoms with Crippen molar-refractivity contribution in [3.63, 3.8) is 0 Å². The number of imidazole rings is 1. The van der Waals surface area contributed by atoms with E-state index in [-0.39, 0.29) is 5.24 Å². The first kappa shape index (κ1) is 11.2. The first-order valence-corrected chi connectivity index (χ1v) is 6.89. The summed E-state index contributed by atoms with van der Waals surface area (Å²) in [4.78, 5) is 23.0. The quantitative estimate of drug-likeness (QED) is 0.704. The first-order chi connectivity index (χ1) is 8.81. The number of anilines is 1. The SMILES string of the molecule is O=C(Nc1nc2ccccc2[nH]1)Sc1cscn1. The van der Waals surface area contributed by atoms with Crippen LogP contribution < -0.4 is 5.32 Å². The van der Waals surface area contributed by atoms with Crippen LogP contribution in [0, 0.1) is 0 Å². The number of aromatic nitrogens is 3. The number of amides is 1. The van der Waals surface area contributed by atoms with Crippen LogP contribution in [-0.4, -0.2) is 20.2 Å². The van der Waals surface area contributed by atoms with Gasteiger partial charge in [-0.2, -0.15) is 0 Å². The van der Waals surface area contributed by atoms with Gasteiger partial charge in [0, 0.05) is 5.38 Å². The Morgan fingerprint density at radius 2 is 2.28 bits per heavy atom. The van der Waals surface area contributed by atoms with E-state index in [1.54, 1.807) is 5.51 Å². The number of hydrogen-bond donors (Lipinski definition) is 2. The van der Waals surface area contributed by atoms with Crippen LogP contribution in [0.15, 0.2) is 40.2 Å². The second-order valence-corrected chi connectivity index (χ2v) is 5.16. The molecule has 0 bridgehead atoms. The number of aromatic amines is 1. The summed E-state index contributed by atoms with van der Waals surface area (Å²) in [5, 5.41) is 4.99. The first-order valence-electron chi connectivity index (χ1n) is 5.13. The average Bonchev–Trinajstić information content (AvgIpc) is 2.96. The molecule has 7 heteroatoms. The van der Waals surface area contributed by atoms with Crippen LogP contribution in [0.1, 0.15) is 0 Å². The molecule has 2 N–H and O–H groups in total. The Balaban J connectivity index is 1.74. The van der Waals surface area contributed by atoms with Crippen molar-refractivity contribution in [1.82, 2.24) is 15.0 Å². The molecule has 1 amide bonds. The van der Waals surface area contributed by atoms with Gasteiger partial charge in [0.25, 0.3) is 5.24 Å². The highest BCUT2D eigenvalue weighted by atomic mass is 32.2. The van der Waals surface area contributed by atoms with Gasteiger partial charge < -0.3 is 4.98 Å². The van der Waals surface area contributed by atoms with Gasteiger partial charge in [-0.25, -0.2) is 9.97 Å². The summed E-state index contributed by atoms with van der Waals surface area (Å²) >= 11 is 2.50. The largest absolute Gasteiger partial charge is 0.324 e. The number of H-pyrrole nitrogens is 1. The Bertz CT molecular complexity index is 644. The number of carbonyl (C=O) groups is 1. The van der Waals surface area contributed by atoms with E-state index >= 15 is 0 Å². The standard InChI is InChI=1S/C11H8N4OS2/c16-11(18-9-5-17-6-12-9)15-10-13-7-3-1-2-4-8(7)14-10/h1-6H,(H2,13,14,15,16). The monoisotopic (exact) mass is 276 g/mol. The van der Waals surface area contributed by atoms with E-state index in [1.165, 1.54) is 11.3 Å². The Kier molecular flexibility index (Phi) is 2.99. The zero-order valence-electron chi connectivity index (χ0n) is 9.08. The average molecular weight is 276 g/mol. The molecule has 0 aliphatic heterocycles. The minimum atomic E-state index is -0.208. The number of carbonyl (C=O) groups excluding carboxylic acids is 1. The predicted molar refractivity (Wildman–Crippen MR) is 73.1 cm³/mol.